The molecule has 0 amide bonds. The van der Waals surface area contributed by atoms with Gasteiger partial charge in [-0.15, -0.1) is 0 Å². The summed E-state index contributed by atoms with van der Waals surface area (Å²) in [5.41, 5.74) is 0. The first-order valence-corrected chi connectivity index (χ1v) is 1.95. The van der Waals surface area contributed by atoms with E-state index in [1.165, 1.54) is 0 Å². The zero-order valence-electron chi connectivity index (χ0n) is 4.79. The quantitative estimate of drug-likeness (QED) is 0.524. The van der Waals surface area contributed by atoms with Crippen molar-refractivity contribution in [2.24, 2.45) is 0 Å². The molecule has 0 spiro atoms. The summed E-state index contributed by atoms with van der Waals surface area (Å²) in [4.78, 5) is 9.71. The van der Waals surface area contributed by atoms with E-state index in [1.54, 1.807) is 0 Å². The third-order valence-corrected chi connectivity index (χ3v) is 0.487. The van der Waals surface area contributed by atoms with Crippen LogP contribution in [0.15, 0.2) is 0 Å². The smallest absolute Gasteiger partial charge is 0.303 e. The van der Waals surface area contributed by atoms with Crippen LogP contribution < -0.4 is 0 Å². The molecule has 0 aromatic carbocycles. The van der Waals surface area contributed by atoms with Crippen molar-refractivity contribution in [1.82, 2.24) is 0 Å². The van der Waals surface area contributed by atoms with E-state index in [1.807, 2.05) is 0 Å². The van der Waals surface area contributed by atoms with Gasteiger partial charge in [0.2, 0.25) is 0 Å². The van der Waals surface area contributed by atoms with Crippen LogP contribution in [-0.4, -0.2) is 22.8 Å². The molecule has 1 atom stereocenters. The summed E-state index contributed by atoms with van der Waals surface area (Å²) >= 11 is 0. The van der Waals surface area contributed by atoms with Crippen LogP contribution in [-0.2, 0) is 4.79 Å². The molecule has 0 saturated carbocycles. The maximum atomic E-state index is 9.71. The zero-order chi connectivity index (χ0) is 6.57. The van der Waals surface area contributed by atoms with Crippen molar-refractivity contribution in [3.05, 3.63) is 0 Å². The molecule has 0 bridgehead atoms. The number of hydrogen-bond acceptors (Lipinski definition) is 2. The number of carboxylic acid groups (broad SMARTS) is 1. The molecule has 0 saturated heterocycles. The number of aliphatic hydroxyl groups excluding tert-OH is 1. The lowest BCUT2D eigenvalue weighted by Gasteiger charge is -1.85. The van der Waals surface area contributed by atoms with Gasteiger partial charge >= 0.3 is 5.97 Å². The highest BCUT2D eigenvalue weighted by atomic mass is 16.4. The predicted octanol–water partition coefficient (Wildman–Crippen LogP) is -0.156. The van der Waals surface area contributed by atoms with Crippen molar-refractivity contribution in [1.29, 1.82) is 0 Å². The van der Waals surface area contributed by atoms with E-state index in [2.05, 4.69) is 0 Å². The molecule has 3 heteroatoms. The van der Waals surface area contributed by atoms with Gasteiger partial charge in [0.05, 0.1) is 1.37 Å². The Balaban J connectivity index is 3.05. The van der Waals surface area contributed by atoms with Crippen LogP contribution in [0.3, 0.4) is 0 Å². The fourth-order valence-electron chi connectivity index (χ4n) is 0.188. The Hall–Kier alpha value is -0.570. The lowest BCUT2D eigenvalue weighted by atomic mass is 10.3. The van der Waals surface area contributed by atoms with Gasteiger partial charge in [0.1, 0.15) is 0 Å². The molecular weight excluding hydrogens is 96.0 g/mol. The first kappa shape index (κ1) is 4.59. The lowest BCUT2D eigenvalue weighted by Crippen LogP contribution is -1.95. The van der Waals surface area contributed by atoms with Gasteiger partial charge in [0.15, 0.2) is 0 Å². The molecule has 42 valence electrons. The van der Waals surface area contributed by atoms with Crippen molar-refractivity contribution in [3.8, 4) is 0 Å². The first-order chi connectivity index (χ1) is 3.63. The molecule has 0 aromatic heterocycles. The molecule has 0 rings (SSSR count). The summed E-state index contributed by atoms with van der Waals surface area (Å²) in [6, 6.07) is 0. The van der Waals surface area contributed by atoms with E-state index < -0.39 is 12.6 Å². The summed E-state index contributed by atoms with van der Waals surface area (Å²) < 4.78 is 6.46. The van der Waals surface area contributed by atoms with Crippen LogP contribution in [0.5, 0.6) is 0 Å². The Morgan fingerprint density at radius 1 is 1.86 bits per heavy atom. The Kier molecular flexibility index (Phi) is 2.37. The van der Waals surface area contributed by atoms with E-state index in [-0.39, 0.29) is 12.8 Å². The molecule has 0 aromatic rings. The second kappa shape index (κ2) is 3.61. The second-order valence-electron chi connectivity index (χ2n) is 1.11. The third-order valence-electron chi connectivity index (χ3n) is 0.487. The Morgan fingerprint density at radius 3 is 2.57 bits per heavy atom. The van der Waals surface area contributed by atoms with Crippen LogP contribution in [0.2, 0.25) is 0 Å². The molecule has 0 heterocycles. The van der Waals surface area contributed by atoms with Crippen molar-refractivity contribution < 1.29 is 16.4 Å². The number of carboxylic acids is 1. The van der Waals surface area contributed by atoms with Crippen LogP contribution in [0.4, 0.5) is 0 Å². The maximum absolute atomic E-state index is 9.71. The van der Waals surface area contributed by atoms with Crippen LogP contribution in [0.25, 0.3) is 0 Å². The number of rotatable bonds is 3. The molecule has 0 unspecified atom stereocenters. The molecule has 3 nitrogen and oxygen atoms in total. The minimum atomic E-state index is -1.24. The maximum Gasteiger partial charge on any atom is 0.303 e. The largest absolute Gasteiger partial charge is 0.481 e. The third kappa shape index (κ3) is 5.43. The molecule has 0 radical (unpaired) electrons. The first-order valence-electron chi connectivity index (χ1n) is 2.53. The van der Waals surface area contributed by atoms with E-state index in [9.17, 15) is 4.79 Å². The van der Waals surface area contributed by atoms with E-state index in [0.717, 1.165) is 0 Å². The topological polar surface area (TPSA) is 57.5 Å². The van der Waals surface area contributed by atoms with Gasteiger partial charge in [0.25, 0.3) is 0 Å². The standard InChI is InChI=1S/C4H8O3/c5-3-1-2-4(6)7/h5H,1-3H2,(H,6,7)/i3D/t3-/m0/s1. The Labute approximate surface area is 43.0 Å². The number of carbonyl (C=O) groups is 1. The fraction of sp³-hybridized carbons (Fsp3) is 0.750. The lowest BCUT2D eigenvalue weighted by molar-refractivity contribution is -0.137. The van der Waals surface area contributed by atoms with Crippen LogP contribution in [0.1, 0.15) is 14.2 Å². The predicted molar refractivity (Wildman–Crippen MR) is 24.0 cm³/mol. The van der Waals surface area contributed by atoms with Gasteiger partial charge in [-0.3, -0.25) is 4.79 Å². The van der Waals surface area contributed by atoms with Crippen LogP contribution >= 0.6 is 0 Å². The van der Waals surface area contributed by atoms with Gasteiger partial charge in [0, 0.05) is 13.0 Å². The number of aliphatic hydroxyl groups is 1. The van der Waals surface area contributed by atoms with Gasteiger partial charge in [-0.2, -0.15) is 0 Å². The van der Waals surface area contributed by atoms with E-state index in [0.29, 0.717) is 0 Å². The van der Waals surface area contributed by atoms with Gasteiger partial charge in [-0.25, -0.2) is 0 Å². The second-order valence-corrected chi connectivity index (χ2v) is 1.11. The van der Waals surface area contributed by atoms with Gasteiger partial charge < -0.3 is 10.2 Å². The highest BCUT2D eigenvalue weighted by molar-refractivity contribution is 5.66. The number of hydrogen-bond donors (Lipinski definition) is 2. The van der Waals surface area contributed by atoms with Crippen molar-refractivity contribution in [3.63, 3.8) is 0 Å². The fourth-order valence-corrected chi connectivity index (χ4v) is 0.188. The highest BCUT2D eigenvalue weighted by Crippen LogP contribution is 1.83. The summed E-state index contributed by atoms with van der Waals surface area (Å²) in [6.45, 7) is -1.24. The minimum absolute atomic E-state index is 0.00926. The molecule has 0 aliphatic carbocycles. The molecule has 0 aliphatic heterocycles. The van der Waals surface area contributed by atoms with Crippen molar-refractivity contribution in [2.45, 2.75) is 12.8 Å². The van der Waals surface area contributed by atoms with Crippen molar-refractivity contribution in [2.75, 3.05) is 6.58 Å². The summed E-state index contributed by atoms with van der Waals surface area (Å²) in [6.07, 6.45) is -0.125. The SMILES string of the molecule is [2H][C@H](O)CCC(=O)O. The highest BCUT2D eigenvalue weighted by Gasteiger charge is 1.91. The Morgan fingerprint density at radius 2 is 2.43 bits per heavy atom. The summed E-state index contributed by atoms with van der Waals surface area (Å²) in [7, 11) is 0. The number of aliphatic carboxylic acids is 1. The summed E-state index contributed by atoms with van der Waals surface area (Å²) in [5.74, 6) is -0.976. The molecule has 0 fully saturated rings. The molecular formula is C4H8O3. The molecule has 2 N–H and O–H groups in total. The minimum Gasteiger partial charge on any atom is -0.481 e. The van der Waals surface area contributed by atoms with Gasteiger partial charge in [-0.1, -0.05) is 0 Å². The van der Waals surface area contributed by atoms with Crippen molar-refractivity contribution >= 4 is 5.97 Å². The average Bonchev–Trinajstić information content (AvgIpc) is 1.61. The summed E-state index contributed by atoms with van der Waals surface area (Å²) in [5, 5.41) is 16.2. The molecule has 7 heavy (non-hydrogen) atoms. The van der Waals surface area contributed by atoms with Crippen LogP contribution in [0, 0.1) is 0 Å². The average molecular weight is 105 g/mol. The monoisotopic (exact) mass is 105 g/mol. The zero-order valence-corrected chi connectivity index (χ0v) is 3.79. The molecule has 0 aliphatic rings. The van der Waals surface area contributed by atoms with Gasteiger partial charge in [-0.05, 0) is 6.42 Å². The van der Waals surface area contributed by atoms with E-state index >= 15 is 0 Å². The van der Waals surface area contributed by atoms with E-state index in [4.69, 9.17) is 11.6 Å². The Bertz CT molecular complexity index is 81.4. The normalized spacial score (nSPS) is 15.3.